The number of ether oxygens (including phenoxy) is 1. The smallest absolute Gasteiger partial charge is 0.313 e. The van der Waals surface area contributed by atoms with Crippen molar-refractivity contribution < 1.29 is 9.53 Å². The summed E-state index contributed by atoms with van der Waals surface area (Å²) in [5.41, 5.74) is 1.90. The Morgan fingerprint density at radius 1 is 1.22 bits per heavy atom. The first-order valence-corrected chi connectivity index (χ1v) is 6.06. The number of carbonyl (C=O) groups excluding carboxylic acids is 1. The fourth-order valence-corrected chi connectivity index (χ4v) is 2.28. The summed E-state index contributed by atoms with van der Waals surface area (Å²) in [6.07, 6.45) is 1.76. The highest BCUT2D eigenvalue weighted by Gasteiger charge is 2.26. The van der Waals surface area contributed by atoms with Crippen molar-refractivity contribution in [1.29, 1.82) is 0 Å². The number of carbonyl (C=O) groups is 1. The Hall–Kier alpha value is -1.90. The predicted molar refractivity (Wildman–Crippen MR) is 71.3 cm³/mol. The Labute approximate surface area is 107 Å². The molecule has 0 amide bonds. The van der Waals surface area contributed by atoms with E-state index in [2.05, 4.69) is 4.98 Å². The molecule has 0 aliphatic carbocycles. The van der Waals surface area contributed by atoms with Crippen molar-refractivity contribution in [3.8, 4) is 0 Å². The first-order valence-electron chi connectivity index (χ1n) is 6.06. The molecule has 2 rings (SSSR count). The van der Waals surface area contributed by atoms with Crippen molar-refractivity contribution in [2.75, 3.05) is 7.11 Å². The van der Waals surface area contributed by atoms with Gasteiger partial charge in [-0.25, -0.2) is 0 Å². The average Bonchev–Trinajstić information content (AvgIpc) is 2.38. The van der Waals surface area contributed by atoms with E-state index in [-0.39, 0.29) is 17.8 Å². The van der Waals surface area contributed by atoms with E-state index in [0.29, 0.717) is 0 Å². The summed E-state index contributed by atoms with van der Waals surface area (Å²) in [6, 6.07) is 9.75. The first-order chi connectivity index (χ1) is 8.65. The van der Waals surface area contributed by atoms with Gasteiger partial charge in [0.25, 0.3) is 0 Å². The van der Waals surface area contributed by atoms with E-state index in [9.17, 15) is 4.79 Å². The van der Waals surface area contributed by atoms with Gasteiger partial charge in [0.15, 0.2) is 0 Å². The monoisotopic (exact) mass is 243 g/mol. The van der Waals surface area contributed by atoms with Crippen LogP contribution >= 0.6 is 0 Å². The van der Waals surface area contributed by atoms with Crippen LogP contribution in [0.25, 0.3) is 10.9 Å². The molecular weight excluding hydrogens is 226 g/mol. The van der Waals surface area contributed by atoms with Gasteiger partial charge in [0.2, 0.25) is 0 Å². The zero-order chi connectivity index (χ0) is 13.1. The fourth-order valence-electron chi connectivity index (χ4n) is 2.28. The summed E-state index contributed by atoms with van der Waals surface area (Å²) in [4.78, 5) is 16.3. The fraction of sp³-hybridized carbons (Fsp3) is 0.333. The highest BCUT2D eigenvalue weighted by atomic mass is 16.5. The van der Waals surface area contributed by atoms with Crippen molar-refractivity contribution in [1.82, 2.24) is 4.98 Å². The van der Waals surface area contributed by atoms with Gasteiger partial charge >= 0.3 is 5.97 Å². The van der Waals surface area contributed by atoms with Crippen molar-refractivity contribution >= 4 is 16.9 Å². The average molecular weight is 243 g/mol. The second-order valence-electron chi connectivity index (χ2n) is 4.66. The molecule has 3 nitrogen and oxygen atoms in total. The van der Waals surface area contributed by atoms with Crippen LogP contribution in [0, 0.1) is 5.92 Å². The largest absolute Gasteiger partial charge is 0.469 e. The van der Waals surface area contributed by atoms with Crippen molar-refractivity contribution in [2.24, 2.45) is 5.92 Å². The Bertz CT molecular complexity index is 558. The Kier molecular flexibility index (Phi) is 3.60. The topological polar surface area (TPSA) is 39.2 Å². The van der Waals surface area contributed by atoms with Crippen LogP contribution in [0.1, 0.15) is 25.3 Å². The number of methoxy groups -OCH3 is 1. The van der Waals surface area contributed by atoms with Gasteiger partial charge in [0, 0.05) is 11.6 Å². The van der Waals surface area contributed by atoms with Crippen LogP contribution < -0.4 is 0 Å². The quantitative estimate of drug-likeness (QED) is 0.777. The van der Waals surface area contributed by atoms with Gasteiger partial charge in [-0.15, -0.1) is 0 Å². The molecule has 0 aliphatic rings. The Morgan fingerprint density at radius 3 is 2.67 bits per heavy atom. The minimum Gasteiger partial charge on any atom is -0.469 e. The SMILES string of the molecule is COC(=O)C(c1cccc2ncccc12)C(C)C. The van der Waals surface area contributed by atoms with E-state index in [1.54, 1.807) is 6.20 Å². The number of hydrogen-bond donors (Lipinski definition) is 0. The van der Waals surface area contributed by atoms with E-state index in [1.807, 2.05) is 44.2 Å². The summed E-state index contributed by atoms with van der Waals surface area (Å²) in [5, 5.41) is 1.02. The standard InChI is InChI=1S/C15H17NO2/c1-10(2)14(15(17)18-3)12-6-4-8-13-11(12)7-5-9-16-13/h4-10,14H,1-3H3. The van der Waals surface area contributed by atoms with E-state index in [4.69, 9.17) is 4.74 Å². The summed E-state index contributed by atoms with van der Waals surface area (Å²) in [6.45, 7) is 4.05. The van der Waals surface area contributed by atoms with Crippen molar-refractivity contribution in [3.63, 3.8) is 0 Å². The van der Waals surface area contributed by atoms with E-state index in [0.717, 1.165) is 16.5 Å². The summed E-state index contributed by atoms with van der Waals surface area (Å²) in [7, 11) is 1.43. The molecule has 18 heavy (non-hydrogen) atoms. The van der Waals surface area contributed by atoms with Crippen molar-refractivity contribution in [3.05, 3.63) is 42.1 Å². The predicted octanol–water partition coefficient (Wildman–Crippen LogP) is 3.15. The number of aromatic nitrogens is 1. The maximum Gasteiger partial charge on any atom is 0.313 e. The van der Waals surface area contributed by atoms with E-state index in [1.165, 1.54) is 7.11 Å². The number of fused-ring (bicyclic) bond motifs is 1. The Morgan fingerprint density at radius 2 is 2.00 bits per heavy atom. The summed E-state index contributed by atoms with van der Waals surface area (Å²) in [5.74, 6) is -0.257. The van der Waals surface area contributed by atoms with Gasteiger partial charge < -0.3 is 4.74 Å². The maximum atomic E-state index is 12.0. The number of rotatable bonds is 3. The minimum atomic E-state index is -0.247. The van der Waals surface area contributed by atoms with Crippen LogP contribution in [0.15, 0.2) is 36.5 Å². The number of hydrogen-bond acceptors (Lipinski definition) is 3. The lowest BCUT2D eigenvalue weighted by atomic mass is 9.86. The first kappa shape index (κ1) is 12.6. The number of pyridine rings is 1. The van der Waals surface area contributed by atoms with E-state index < -0.39 is 0 Å². The number of benzene rings is 1. The van der Waals surface area contributed by atoms with Crippen LogP contribution in [0.2, 0.25) is 0 Å². The normalized spacial score (nSPS) is 12.7. The van der Waals surface area contributed by atoms with Gasteiger partial charge in [-0.2, -0.15) is 0 Å². The van der Waals surface area contributed by atoms with Gasteiger partial charge in [0.05, 0.1) is 18.5 Å². The second-order valence-corrected chi connectivity index (χ2v) is 4.66. The Balaban J connectivity index is 2.61. The lowest BCUT2D eigenvalue weighted by Gasteiger charge is -2.20. The van der Waals surface area contributed by atoms with Gasteiger partial charge in [0.1, 0.15) is 0 Å². The maximum absolute atomic E-state index is 12.0. The van der Waals surface area contributed by atoms with Crippen LogP contribution in [0.3, 0.4) is 0 Å². The minimum absolute atomic E-state index is 0.184. The van der Waals surface area contributed by atoms with Crippen LogP contribution in [-0.2, 0) is 9.53 Å². The zero-order valence-electron chi connectivity index (χ0n) is 10.9. The molecular formula is C15H17NO2. The highest BCUT2D eigenvalue weighted by Crippen LogP contribution is 2.30. The highest BCUT2D eigenvalue weighted by molar-refractivity contribution is 5.89. The van der Waals surface area contributed by atoms with E-state index >= 15 is 0 Å². The molecule has 0 saturated heterocycles. The zero-order valence-corrected chi connectivity index (χ0v) is 10.9. The molecule has 0 fully saturated rings. The third kappa shape index (κ3) is 2.21. The molecule has 0 bridgehead atoms. The molecule has 0 spiro atoms. The van der Waals surface area contributed by atoms with Crippen LogP contribution in [-0.4, -0.2) is 18.1 Å². The molecule has 0 radical (unpaired) electrons. The number of nitrogens with zero attached hydrogens (tertiary/aromatic N) is 1. The van der Waals surface area contributed by atoms with Gasteiger partial charge in [-0.1, -0.05) is 32.0 Å². The summed E-state index contributed by atoms with van der Waals surface area (Å²) >= 11 is 0. The summed E-state index contributed by atoms with van der Waals surface area (Å²) < 4.78 is 4.92. The third-order valence-electron chi connectivity index (χ3n) is 3.14. The third-order valence-corrected chi connectivity index (χ3v) is 3.14. The van der Waals surface area contributed by atoms with Crippen LogP contribution in [0.4, 0.5) is 0 Å². The molecule has 3 heteroatoms. The molecule has 1 atom stereocenters. The molecule has 1 heterocycles. The van der Waals surface area contributed by atoms with Crippen molar-refractivity contribution in [2.45, 2.75) is 19.8 Å². The molecule has 0 aliphatic heterocycles. The number of esters is 1. The molecule has 2 aromatic rings. The molecule has 0 saturated carbocycles. The lowest BCUT2D eigenvalue weighted by Crippen LogP contribution is -2.19. The molecule has 1 aromatic carbocycles. The lowest BCUT2D eigenvalue weighted by molar-refractivity contribution is -0.143. The second kappa shape index (κ2) is 5.17. The van der Waals surface area contributed by atoms with Gasteiger partial charge in [-0.3, -0.25) is 9.78 Å². The molecule has 94 valence electrons. The van der Waals surface area contributed by atoms with Crippen LogP contribution in [0.5, 0.6) is 0 Å². The molecule has 1 unspecified atom stereocenters. The molecule has 1 aromatic heterocycles. The molecule has 0 N–H and O–H groups in total. The van der Waals surface area contributed by atoms with Gasteiger partial charge in [-0.05, 0) is 23.6 Å².